The van der Waals surface area contributed by atoms with E-state index in [4.69, 9.17) is 9.84 Å². The predicted octanol–water partition coefficient (Wildman–Crippen LogP) is 6.31. The van der Waals surface area contributed by atoms with Crippen LogP contribution in [-0.4, -0.2) is 29.2 Å². The van der Waals surface area contributed by atoms with E-state index in [2.05, 4.69) is 27.7 Å². The number of carbonyl (C=O) groups is 1. The first-order chi connectivity index (χ1) is 15.3. The van der Waals surface area contributed by atoms with Crippen LogP contribution in [0.2, 0.25) is 0 Å². The SMILES string of the molecule is CC(C)COCC(C)C.O=C(c1ccccc1)C(O)c1ccccc1.Oc1ccccc1. The van der Waals surface area contributed by atoms with Crippen LogP contribution in [0, 0.1) is 11.8 Å². The molecule has 172 valence electrons. The zero-order chi connectivity index (χ0) is 23.8. The van der Waals surface area contributed by atoms with Crippen molar-refractivity contribution >= 4 is 5.78 Å². The Morgan fingerprint density at radius 2 is 1.12 bits per heavy atom. The monoisotopic (exact) mass is 436 g/mol. The van der Waals surface area contributed by atoms with Gasteiger partial charge in [0.2, 0.25) is 0 Å². The number of hydrogen-bond acceptors (Lipinski definition) is 4. The second-order valence-corrected chi connectivity index (χ2v) is 8.20. The number of ether oxygens (including phenoxy) is 1. The fraction of sp³-hybridized carbons (Fsp3) is 0.321. The summed E-state index contributed by atoms with van der Waals surface area (Å²) in [6.45, 7) is 10.5. The molecule has 0 aliphatic rings. The minimum atomic E-state index is -1.08. The lowest BCUT2D eigenvalue weighted by Gasteiger charge is -2.09. The molecule has 1 atom stereocenters. The van der Waals surface area contributed by atoms with E-state index < -0.39 is 6.10 Å². The lowest BCUT2D eigenvalue weighted by atomic mass is 10.0. The molecule has 0 saturated carbocycles. The highest BCUT2D eigenvalue weighted by Gasteiger charge is 2.18. The molecule has 4 heteroatoms. The highest BCUT2D eigenvalue weighted by atomic mass is 16.5. The summed E-state index contributed by atoms with van der Waals surface area (Å²) in [5, 5.41) is 18.5. The normalized spacial score (nSPS) is 11.1. The van der Waals surface area contributed by atoms with Gasteiger partial charge >= 0.3 is 0 Å². The summed E-state index contributed by atoms with van der Waals surface area (Å²) < 4.78 is 5.36. The van der Waals surface area contributed by atoms with E-state index in [9.17, 15) is 9.90 Å². The first kappa shape index (κ1) is 27.1. The number of carbonyl (C=O) groups excluding carboxylic acids is 1. The molecule has 0 radical (unpaired) electrons. The van der Waals surface area contributed by atoms with Gasteiger partial charge in [-0.15, -0.1) is 0 Å². The van der Waals surface area contributed by atoms with Crippen LogP contribution >= 0.6 is 0 Å². The number of rotatable bonds is 7. The summed E-state index contributed by atoms with van der Waals surface area (Å²) in [4.78, 5) is 11.9. The van der Waals surface area contributed by atoms with Gasteiger partial charge in [0.05, 0.1) is 0 Å². The highest BCUT2D eigenvalue weighted by molar-refractivity contribution is 5.99. The second kappa shape index (κ2) is 15.8. The summed E-state index contributed by atoms with van der Waals surface area (Å²) >= 11 is 0. The number of aromatic hydroxyl groups is 1. The molecule has 0 bridgehead atoms. The predicted molar refractivity (Wildman–Crippen MR) is 131 cm³/mol. The van der Waals surface area contributed by atoms with Crippen LogP contribution in [0.1, 0.15) is 49.7 Å². The average molecular weight is 437 g/mol. The van der Waals surface area contributed by atoms with Crippen LogP contribution < -0.4 is 0 Å². The fourth-order valence-electron chi connectivity index (χ4n) is 2.51. The summed E-state index contributed by atoms with van der Waals surface area (Å²) in [6, 6.07) is 26.5. The van der Waals surface area contributed by atoms with E-state index in [1.165, 1.54) is 0 Å². The van der Waals surface area contributed by atoms with Crippen LogP contribution in [0.15, 0.2) is 91.0 Å². The largest absolute Gasteiger partial charge is 0.508 e. The van der Waals surface area contributed by atoms with Gasteiger partial charge in [0.25, 0.3) is 0 Å². The van der Waals surface area contributed by atoms with Crippen molar-refractivity contribution in [3.05, 3.63) is 102 Å². The lowest BCUT2D eigenvalue weighted by Crippen LogP contribution is -2.11. The topological polar surface area (TPSA) is 66.8 Å². The minimum absolute atomic E-state index is 0.271. The smallest absolute Gasteiger partial charge is 0.195 e. The number of phenols is 1. The van der Waals surface area contributed by atoms with E-state index >= 15 is 0 Å². The quantitative estimate of drug-likeness (QED) is 0.426. The van der Waals surface area contributed by atoms with Crippen molar-refractivity contribution in [3.63, 3.8) is 0 Å². The summed E-state index contributed by atoms with van der Waals surface area (Å²) in [6.07, 6.45) is -1.08. The number of aliphatic hydroxyl groups excluding tert-OH is 1. The van der Waals surface area contributed by atoms with Gasteiger partial charge in [-0.25, -0.2) is 0 Å². The van der Waals surface area contributed by atoms with Gasteiger partial charge in [-0.1, -0.05) is 107 Å². The zero-order valence-corrected chi connectivity index (χ0v) is 19.5. The molecule has 0 heterocycles. The van der Waals surface area contributed by atoms with Crippen molar-refractivity contribution in [1.82, 2.24) is 0 Å². The number of hydrogen-bond donors (Lipinski definition) is 2. The number of Topliss-reactive ketones (excluding diaryl/α,β-unsaturated/α-hetero) is 1. The molecule has 4 nitrogen and oxygen atoms in total. The Morgan fingerprint density at radius 3 is 1.50 bits per heavy atom. The number of para-hydroxylation sites is 1. The van der Waals surface area contributed by atoms with Gasteiger partial charge in [-0.2, -0.15) is 0 Å². The first-order valence-corrected chi connectivity index (χ1v) is 10.9. The second-order valence-electron chi connectivity index (χ2n) is 8.20. The molecule has 3 aromatic carbocycles. The van der Waals surface area contributed by atoms with Gasteiger partial charge in [0.15, 0.2) is 5.78 Å². The van der Waals surface area contributed by atoms with Gasteiger partial charge in [0.1, 0.15) is 11.9 Å². The van der Waals surface area contributed by atoms with Crippen LogP contribution in [0.25, 0.3) is 0 Å². The van der Waals surface area contributed by atoms with E-state index in [1.54, 1.807) is 72.8 Å². The minimum Gasteiger partial charge on any atom is -0.508 e. The van der Waals surface area contributed by atoms with Crippen LogP contribution in [0.4, 0.5) is 0 Å². The van der Waals surface area contributed by atoms with Gasteiger partial charge in [-0.05, 0) is 29.5 Å². The van der Waals surface area contributed by atoms with Crippen molar-refractivity contribution in [2.24, 2.45) is 11.8 Å². The maximum absolute atomic E-state index is 11.9. The van der Waals surface area contributed by atoms with Crippen molar-refractivity contribution < 1.29 is 19.7 Å². The molecule has 0 aliphatic heterocycles. The number of aliphatic hydroxyl groups is 1. The van der Waals surface area contributed by atoms with Crippen molar-refractivity contribution in [2.45, 2.75) is 33.8 Å². The highest BCUT2D eigenvalue weighted by Crippen LogP contribution is 2.17. The number of benzene rings is 3. The van der Waals surface area contributed by atoms with E-state index in [-0.39, 0.29) is 5.78 Å². The summed E-state index contributed by atoms with van der Waals surface area (Å²) in [5.41, 5.74) is 1.15. The first-order valence-electron chi connectivity index (χ1n) is 10.9. The maximum atomic E-state index is 11.9. The standard InChI is InChI=1S/C14H12O2.C8H18O.C6H6O/c15-13(11-7-3-1-4-8-11)14(16)12-9-5-2-6-10-12;1-7(2)5-9-6-8(3)4;7-6-4-2-1-3-5-6/h1-10,13,15H;7-8H,5-6H2,1-4H3;1-5,7H. The zero-order valence-electron chi connectivity index (χ0n) is 19.5. The Bertz CT molecular complexity index is 838. The molecule has 0 aliphatic carbocycles. The Kier molecular flexibility index (Phi) is 13.4. The van der Waals surface area contributed by atoms with Gasteiger partial charge in [0, 0.05) is 18.8 Å². The fourth-order valence-corrected chi connectivity index (χ4v) is 2.51. The van der Waals surface area contributed by atoms with Crippen molar-refractivity contribution in [2.75, 3.05) is 13.2 Å². The summed E-state index contributed by atoms with van der Waals surface area (Å²) in [5.74, 6) is 1.39. The third-order valence-corrected chi connectivity index (χ3v) is 4.08. The van der Waals surface area contributed by atoms with E-state index in [1.807, 2.05) is 18.2 Å². The van der Waals surface area contributed by atoms with Gasteiger partial charge < -0.3 is 14.9 Å². The molecule has 0 saturated heterocycles. The molecular weight excluding hydrogens is 400 g/mol. The third kappa shape index (κ3) is 12.0. The molecule has 0 fully saturated rings. The molecule has 0 amide bonds. The number of ketones is 1. The molecule has 3 rings (SSSR count). The average Bonchev–Trinajstić information content (AvgIpc) is 2.80. The van der Waals surface area contributed by atoms with Crippen LogP contribution in [0.5, 0.6) is 5.75 Å². The molecule has 2 N–H and O–H groups in total. The molecule has 1 unspecified atom stereocenters. The Labute approximate surface area is 192 Å². The molecule has 3 aromatic rings. The van der Waals surface area contributed by atoms with Crippen LogP contribution in [-0.2, 0) is 4.74 Å². The molecule has 0 aromatic heterocycles. The maximum Gasteiger partial charge on any atom is 0.195 e. The molecule has 0 spiro atoms. The van der Waals surface area contributed by atoms with Gasteiger partial charge in [-0.3, -0.25) is 4.79 Å². The lowest BCUT2D eigenvalue weighted by molar-refractivity contribution is 0.0747. The van der Waals surface area contributed by atoms with Crippen molar-refractivity contribution in [1.29, 1.82) is 0 Å². The van der Waals surface area contributed by atoms with Crippen LogP contribution in [0.3, 0.4) is 0 Å². The van der Waals surface area contributed by atoms with E-state index in [0.717, 1.165) is 13.2 Å². The Morgan fingerprint density at radius 1 is 0.719 bits per heavy atom. The Hall–Kier alpha value is -2.95. The molecule has 32 heavy (non-hydrogen) atoms. The van der Waals surface area contributed by atoms with E-state index in [0.29, 0.717) is 28.7 Å². The summed E-state index contributed by atoms with van der Waals surface area (Å²) in [7, 11) is 0. The molecular formula is C28H36O4. The Balaban J connectivity index is 0.000000270. The third-order valence-electron chi connectivity index (χ3n) is 4.08. The van der Waals surface area contributed by atoms with Crippen molar-refractivity contribution in [3.8, 4) is 5.75 Å². The number of phenolic OH excluding ortho intramolecular Hbond substituents is 1.